The number of furan rings is 1. The fourth-order valence-corrected chi connectivity index (χ4v) is 1.67. The quantitative estimate of drug-likeness (QED) is 0.355. The first kappa shape index (κ1) is 12.8. The van der Waals surface area contributed by atoms with E-state index in [1.807, 2.05) is 5.43 Å². The van der Waals surface area contributed by atoms with Crippen LogP contribution in [-0.4, -0.2) is 20.6 Å². The lowest BCUT2D eigenvalue weighted by atomic mass is 10.2. The average molecular weight is 265 g/mol. The van der Waals surface area contributed by atoms with Gasteiger partial charge in [0.1, 0.15) is 0 Å². The summed E-state index contributed by atoms with van der Waals surface area (Å²) >= 11 is 0. The van der Waals surface area contributed by atoms with Gasteiger partial charge in [0.2, 0.25) is 0 Å². The van der Waals surface area contributed by atoms with Crippen molar-refractivity contribution in [3.05, 3.63) is 45.5 Å². The molecular formula is C10H11N5O4. The third-order valence-electron chi connectivity index (χ3n) is 2.51. The third-order valence-corrected chi connectivity index (χ3v) is 2.51. The predicted molar refractivity (Wildman–Crippen MR) is 63.1 cm³/mol. The first-order valence-electron chi connectivity index (χ1n) is 5.28. The van der Waals surface area contributed by atoms with Crippen LogP contribution in [-0.2, 0) is 6.54 Å². The first-order valence-corrected chi connectivity index (χ1v) is 5.28. The maximum absolute atomic E-state index is 11.4. The normalized spacial score (nSPS) is 10.4. The number of nitrogens with one attached hydrogen (secondary N) is 1. The molecule has 3 N–H and O–H groups in total. The molecule has 0 saturated heterocycles. The Morgan fingerprint density at radius 1 is 1.68 bits per heavy atom. The molecule has 0 bridgehead atoms. The zero-order valence-electron chi connectivity index (χ0n) is 9.99. The summed E-state index contributed by atoms with van der Waals surface area (Å²) in [7, 11) is 0. The molecule has 0 fully saturated rings. The molecule has 0 aromatic carbocycles. The number of aromatic nitrogens is 2. The number of nitrogen functional groups attached to an aromatic ring is 1. The van der Waals surface area contributed by atoms with Crippen LogP contribution >= 0.6 is 0 Å². The standard InChI is InChI=1S/C10H11N5O4/c1-6-4-14(13-9(6)15(17)18)5-7-2-3-19-8(7)10(16)12-11/h2-4H,5,11H2,1H3,(H,12,16). The Labute approximate surface area is 107 Å². The Balaban J connectivity index is 2.27. The Bertz CT molecular complexity index is 630. The van der Waals surface area contributed by atoms with Crippen molar-refractivity contribution in [2.75, 3.05) is 0 Å². The SMILES string of the molecule is Cc1cn(Cc2ccoc2C(=O)NN)nc1[N+](=O)[O-]. The first-order chi connectivity index (χ1) is 9.02. The number of carbonyl (C=O) groups is 1. The summed E-state index contributed by atoms with van der Waals surface area (Å²) in [5, 5.41) is 14.5. The number of nitro groups is 1. The molecule has 0 unspecified atom stereocenters. The lowest BCUT2D eigenvalue weighted by Gasteiger charge is -1.99. The van der Waals surface area contributed by atoms with E-state index in [4.69, 9.17) is 10.3 Å². The highest BCUT2D eigenvalue weighted by atomic mass is 16.6. The number of carbonyl (C=O) groups excluding carboxylic acids is 1. The molecule has 9 heteroatoms. The van der Waals surface area contributed by atoms with E-state index in [-0.39, 0.29) is 18.1 Å². The third kappa shape index (κ3) is 2.45. The second kappa shape index (κ2) is 4.90. The molecule has 2 aromatic heterocycles. The lowest BCUT2D eigenvalue weighted by molar-refractivity contribution is -0.390. The van der Waals surface area contributed by atoms with Crippen molar-refractivity contribution >= 4 is 11.7 Å². The predicted octanol–water partition coefficient (Wildman–Crippen LogP) is 0.345. The molecular weight excluding hydrogens is 254 g/mol. The molecule has 100 valence electrons. The minimum Gasteiger partial charge on any atom is -0.459 e. The van der Waals surface area contributed by atoms with E-state index in [9.17, 15) is 14.9 Å². The fourth-order valence-electron chi connectivity index (χ4n) is 1.67. The van der Waals surface area contributed by atoms with Gasteiger partial charge in [-0.3, -0.25) is 10.2 Å². The van der Waals surface area contributed by atoms with Gasteiger partial charge in [0.05, 0.1) is 29.7 Å². The number of hydrazine groups is 1. The summed E-state index contributed by atoms with van der Waals surface area (Å²) in [5.74, 6) is 4.29. The zero-order valence-corrected chi connectivity index (χ0v) is 9.99. The fraction of sp³-hybridized carbons (Fsp3) is 0.200. The van der Waals surface area contributed by atoms with Crippen LogP contribution in [0, 0.1) is 17.0 Å². The van der Waals surface area contributed by atoms with Crippen molar-refractivity contribution in [1.82, 2.24) is 15.2 Å². The molecule has 0 aliphatic heterocycles. The van der Waals surface area contributed by atoms with E-state index in [2.05, 4.69) is 5.10 Å². The van der Waals surface area contributed by atoms with Gasteiger partial charge in [-0.1, -0.05) is 0 Å². The van der Waals surface area contributed by atoms with Crippen LogP contribution in [0.5, 0.6) is 0 Å². The van der Waals surface area contributed by atoms with Crippen molar-refractivity contribution in [2.24, 2.45) is 5.84 Å². The molecule has 0 radical (unpaired) electrons. The van der Waals surface area contributed by atoms with E-state index in [1.165, 1.54) is 17.1 Å². The Morgan fingerprint density at radius 3 is 3.00 bits per heavy atom. The minimum atomic E-state index is -0.571. The van der Waals surface area contributed by atoms with Crippen molar-refractivity contribution in [2.45, 2.75) is 13.5 Å². The van der Waals surface area contributed by atoms with Gasteiger partial charge in [-0.2, -0.15) is 4.68 Å². The van der Waals surface area contributed by atoms with Crippen LogP contribution in [0.25, 0.3) is 0 Å². The van der Waals surface area contributed by atoms with Crippen molar-refractivity contribution < 1.29 is 14.1 Å². The molecule has 19 heavy (non-hydrogen) atoms. The molecule has 2 aromatic rings. The summed E-state index contributed by atoms with van der Waals surface area (Å²) in [4.78, 5) is 21.5. The summed E-state index contributed by atoms with van der Waals surface area (Å²) in [6.45, 7) is 1.76. The summed E-state index contributed by atoms with van der Waals surface area (Å²) < 4.78 is 6.37. The van der Waals surface area contributed by atoms with E-state index < -0.39 is 10.8 Å². The van der Waals surface area contributed by atoms with Gasteiger partial charge in [0.15, 0.2) is 5.76 Å². The van der Waals surface area contributed by atoms with E-state index >= 15 is 0 Å². The monoisotopic (exact) mass is 265 g/mol. The van der Waals surface area contributed by atoms with Crippen LogP contribution in [0.4, 0.5) is 5.82 Å². The zero-order chi connectivity index (χ0) is 14.0. The topological polar surface area (TPSA) is 129 Å². The highest BCUT2D eigenvalue weighted by molar-refractivity contribution is 5.92. The Hall–Kier alpha value is -2.68. The number of aryl methyl sites for hydroxylation is 1. The molecule has 0 saturated carbocycles. The van der Waals surface area contributed by atoms with Crippen LogP contribution in [0.3, 0.4) is 0 Å². The molecule has 1 amide bonds. The molecule has 0 spiro atoms. The average Bonchev–Trinajstić information content (AvgIpc) is 2.95. The number of hydrogen-bond acceptors (Lipinski definition) is 6. The molecule has 9 nitrogen and oxygen atoms in total. The highest BCUT2D eigenvalue weighted by Crippen LogP contribution is 2.17. The summed E-state index contributed by atoms with van der Waals surface area (Å²) in [6.07, 6.45) is 2.86. The van der Waals surface area contributed by atoms with Gasteiger partial charge in [0, 0.05) is 5.56 Å². The summed E-state index contributed by atoms with van der Waals surface area (Å²) in [6, 6.07) is 1.58. The molecule has 0 aliphatic carbocycles. The van der Waals surface area contributed by atoms with Gasteiger partial charge in [0.25, 0.3) is 0 Å². The lowest BCUT2D eigenvalue weighted by Crippen LogP contribution is -2.30. The Kier molecular flexibility index (Phi) is 3.29. The smallest absolute Gasteiger partial charge is 0.392 e. The van der Waals surface area contributed by atoms with Gasteiger partial charge in [-0.25, -0.2) is 5.84 Å². The van der Waals surface area contributed by atoms with Gasteiger partial charge >= 0.3 is 11.7 Å². The van der Waals surface area contributed by atoms with Crippen LogP contribution in [0.15, 0.2) is 22.9 Å². The second-order valence-corrected chi connectivity index (χ2v) is 3.84. The maximum atomic E-state index is 11.4. The van der Waals surface area contributed by atoms with E-state index in [1.54, 1.807) is 13.0 Å². The Morgan fingerprint density at radius 2 is 2.42 bits per heavy atom. The number of rotatable bonds is 4. The highest BCUT2D eigenvalue weighted by Gasteiger charge is 2.20. The van der Waals surface area contributed by atoms with Crippen molar-refractivity contribution in [1.29, 1.82) is 0 Å². The van der Waals surface area contributed by atoms with Crippen molar-refractivity contribution in [3.63, 3.8) is 0 Å². The van der Waals surface area contributed by atoms with Crippen LogP contribution < -0.4 is 11.3 Å². The molecule has 0 atom stereocenters. The van der Waals surface area contributed by atoms with E-state index in [0.717, 1.165) is 0 Å². The number of amides is 1. The number of nitrogens with zero attached hydrogens (tertiary/aromatic N) is 3. The number of nitrogens with two attached hydrogens (primary N) is 1. The van der Waals surface area contributed by atoms with Gasteiger partial charge in [-0.05, 0) is 17.9 Å². The van der Waals surface area contributed by atoms with Gasteiger partial charge < -0.3 is 14.5 Å². The molecule has 2 heterocycles. The van der Waals surface area contributed by atoms with E-state index in [0.29, 0.717) is 11.1 Å². The largest absolute Gasteiger partial charge is 0.459 e. The van der Waals surface area contributed by atoms with Crippen LogP contribution in [0.1, 0.15) is 21.7 Å². The van der Waals surface area contributed by atoms with Crippen molar-refractivity contribution in [3.8, 4) is 0 Å². The minimum absolute atomic E-state index is 0.0540. The van der Waals surface area contributed by atoms with Crippen LogP contribution in [0.2, 0.25) is 0 Å². The molecule has 2 rings (SSSR count). The molecule has 0 aliphatic rings. The summed E-state index contributed by atoms with van der Waals surface area (Å²) in [5.41, 5.74) is 2.93. The second-order valence-electron chi connectivity index (χ2n) is 3.84. The van der Waals surface area contributed by atoms with Gasteiger partial charge in [-0.15, -0.1) is 0 Å². The number of hydrogen-bond donors (Lipinski definition) is 2. The maximum Gasteiger partial charge on any atom is 0.392 e.